The summed E-state index contributed by atoms with van der Waals surface area (Å²) < 4.78 is 27.1. The Morgan fingerprint density at radius 1 is 1.48 bits per heavy atom. The lowest BCUT2D eigenvalue weighted by molar-refractivity contribution is -0.116. The first-order chi connectivity index (χ1) is 10.8. The molecule has 0 unspecified atom stereocenters. The largest absolute Gasteiger partial charge is 0.383 e. The summed E-state index contributed by atoms with van der Waals surface area (Å²) in [6, 6.07) is 1.35. The van der Waals surface area contributed by atoms with E-state index < -0.39 is 10.0 Å². The number of nitrogen functional groups attached to an aromatic ring is 1. The van der Waals surface area contributed by atoms with Gasteiger partial charge in [0.15, 0.2) is 5.13 Å². The molecule has 0 spiro atoms. The maximum Gasteiger partial charge on any atom is 0.244 e. The van der Waals surface area contributed by atoms with Gasteiger partial charge in [-0.15, -0.1) is 11.3 Å². The average Bonchev–Trinajstić information content (AvgIpc) is 2.86. The Balaban J connectivity index is 1.92. The molecule has 1 amide bonds. The Morgan fingerprint density at radius 3 is 2.87 bits per heavy atom. The first kappa shape index (κ1) is 17.8. The average molecular weight is 420 g/mol. The standard InChI is InChI=1S/C12H14BrN5O3S2/c1-7-6-22-12(17-7)18-10(19)2-3-16-23(20,21)9-4-8(13)5-15-11(9)14/h4-6,16H,2-3H2,1H3,(H2,14,15)(H,17,18,19). The highest BCUT2D eigenvalue weighted by atomic mass is 79.9. The Labute approximate surface area is 145 Å². The minimum atomic E-state index is -3.84. The molecule has 11 heteroatoms. The number of rotatable bonds is 6. The number of aryl methyl sites for hydroxylation is 1. The van der Waals surface area contributed by atoms with E-state index in [0.29, 0.717) is 9.60 Å². The molecule has 0 atom stereocenters. The topological polar surface area (TPSA) is 127 Å². The third kappa shape index (κ3) is 4.96. The van der Waals surface area contributed by atoms with Crippen molar-refractivity contribution in [2.75, 3.05) is 17.6 Å². The van der Waals surface area contributed by atoms with Crippen LogP contribution in [0.4, 0.5) is 10.9 Å². The van der Waals surface area contributed by atoms with E-state index in [-0.39, 0.29) is 29.6 Å². The number of carbonyl (C=O) groups is 1. The van der Waals surface area contributed by atoms with Crippen molar-refractivity contribution in [1.29, 1.82) is 0 Å². The number of hydrogen-bond acceptors (Lipinski definition) is 7. The van der Waals surface area contributed by atoms with Crippen molar-refractivity contribution in [3.63, 3.8) is 0 Å². The van der Waals surface area contributed by atoms with Crippen LogP contribution in [0.3, 0.4) is 0 Å². The number of pyridine rings is 1. The zero-order valence-electron chi connectivity index (χ0n) is 12.0. The van der Waals surface area contributed by atoms with Crippen molar-refractivity contribution >= 4 is 54.1 Å². The summed E-state index contributed by atoms with van der Waals surface area (Å²) in [5.41, 5.74) is 6.38. The van der Waals surface area contributed by atoms with Crippen molar-refractivity contribution in [1.82, 2.24) is 14.7 Å². The minimum Gasteiger partial charge on any atom is -0.383 e. The van der Waals surface area contributed by atoms with Gasteiger partial charge in [-0.25, -0.2) is 23.1 Å². The van der Waals surface area contributed by atoms with E-state index in [1.54, 1.807) is 5.38 Å². The molecule has 0 saturated heterocycles. The number of carbonyl (C=O) groups excluding carboxylic acids is 1. The summed E-state index contributed by atoms with van der Waals surface area (Å²) >= 11 is 4.44. The van der Waals surface area contributed by atoms with Crippen LogP contribution in [0.15, 0.2) is 27.0 Å². The maximum absolute atomic E-state index is 12.2. The zero-order chi connectivity index (χ0) is 17.0. The molecule has 0 aliphatic heterocycles. The number of nitrogens with one attached hydrogen (secondary N) is 2. The summed E-state index contributed by atoms with van der Waals surface area (Å²) in [5.74, 6) is -0.439. The van der Waals surface area contributed by atoms with Gasteiger partial charge >= 0.3 is 0 Å². The van der Waals surface area contributed by atoms with Crippen molar-refractivity contribution in [2.45, 2.75) is 18.2 Å². The summed E-state index contributed by atoms with van der Waals surface area (Å²) in [6.07, 6.45) is 1.37. The van der Waals surface area contributed by atoms with Crippen LogP contribution in [-0.4, -0.2) is 30.8 Å². The highest BCUT2D eigenvalue weighted by molar-refractivity contribution is 9.10. The van der Waals surface area contributed by atoms with E-state index in [1.165, 1.54) is 23.6 Å². The van der Waals surface area contributed by atoms with Gasteiger partial charge in [-0.05, 0) is 28.9 Å². The SMILES string of the molecule is Cc1csc(NC(=O)CCNS(=O)(=O)c2cc(Br)cnc2N)n1. The van der Waals surface area contributed by atoms with Crippen molar-refractivity contribution in [3.05, 3.63) is 27.8 Å². The second kappa shape index (κ2) is 7.34. The van der Waals surface area contributed by atoms with Gasteiger partial charge in [0.1, 0.15) is 10.7 Å². The number of aromatic nitrogens is 2. The van der Waals surface area contributed by atoms with Crippen molar-refractivity contribution in [3.8, 4) is 0 Å². The van der Waals surface area contributed by atoms with E-state index in [9.17, 15) is 13.2 Å². The van der Waals surface area contributed by atoms with Crippen LogP contribution in [0.5, 0.6) is 0 Å². The van der Waals surface area contributed by atoms with E-state index in [2.05, 4.69) is 35.9 Å². The molecule has 23 heavy (non-hydrogen) atoms. The maximum atomic E-state index is 12.2. The lowest BCUT2D eigenvalue weighted by atomic mass is 10.4. The van der Waals surface area contributed by atoms with Gasteiger partial charge in [0.2, 0.25) is 15.9 Å². The van der Waals surface area contributed by atoms with Crippen LogP contribution in [0, 0.1) is 6.92 Å². The Morgan fingerprint density at radius 2 is 2.22 bits per heavy atom. The quantitative estimate of drug-likeness (QED) is 0.650. The molecule has 2 rings (SSSR count). The lowest BCUT2D eigenvalue weighted by Crippen LogP contribution is -2.28. The number of halogens is 1. The molecule has 0 bridgehead atoms. The number of nitrogens with two attached hydrogens (primary N) is 1. The number of amides is 1. The van der Waals surface area contributed by atoms with Crippen LogP contribution in [0.25, 0.3) is 0 Å². The molecular weight excluding hydrogens is 406 g/mol. The number of thiazole rings is 1. The third-order valence-corrected chi connectivity index (χ3v) is 5.45. The van der Waals surface area contributed by atoms with Crippen LogP contribution in [0.1, 0.15) is 12.1 Å². The van der Waals surface area contributed by atoms with Crippen LogP contribution >= 0.6 is 27.3 Å². The fourth-order valence-corrected chi connectivity index (χ4v) is 3.94. The monoisotopic (exact) mass is 419 g/mol. The van der Waals surface area contributed by atoms with Gasteiger partial charge < -0.3 is 11.1 Å². The first-order valence-corrected chi connectivity index (χ1v) is 9.56. The first-order valence-electron chi connectivity index (χ1n) is 6.40. The number of hydrogen-bond donors (Lipinski definition) is 3. The van der Waals surface area contributed by atoms with E-state index in [4.69, 9.17) is 5.73 Å². The smallest absolute Gasteiger partial charge is 0.244 e. The van der Waals surface area contributed by atoms with Crippen molar-refractivity contribution < 1.29 is 13.2 Å². The molecule has 2 aromatic heterocycles. The molecule has 0 aromatic carbocycles. The van der Waals surface area contributed by atoms with E-state index in [0.717, 1.165) is 5.69 Å². The van der Waals surface area contributed by atoms with Gasteiger partial charge in [0.25, 0.3) is 0 Å². The minimum absolute atomic E-state index is 0.0286. The molecular formula is C12H14BrN5O3S2. The Hall–Kier alpha value is -1.56. The molecule has 8 nitrogen and oxygen atoms in total. The van der Waals surface area contributed by atoms with E-state index >= 15 is 0 Å². The molecule has 0 aliphatic carbocycles. The fourth-order valence-electron chi connectivity index (χ4n) is 1.62. The predicted molar refractivity (Wildman–Crippen MR) is 91.6 cm³/mol. The highest BCUT2D eigenvalue weighted by Gasteiger charge is 2.19. The molecule has 4 N–H and O–H groups in total. The van der Waals surface area contributed by atoms with Crippen LogP contribution < -0.4 is 15.8 Å². The summed E-state index contributed by atoms with van der Waals surface area (Å²) in [4.78, 5) is 19.5. The van der Waals surface area contributed by atoms with Crippen molar-refractivity contribution in [2.24, 2.45) is 0 Å². The lowest BCUT2D eigenvalue weighted by Gasteiger charge is -2.08. The van der Waals surface area contributed by atoms with E-state index in [1.807, 2.05) is 6.92 Å². The molecule has 2 aromatic rings. The molecule has 0 aliphatic rings. The number of nitrogens with zero attached hydrogens (tertiary/aromatic N) is 2. The van der Waals surface area contributed by atoms with Gasteiger partial charge in [0.05, 0.1) is 5.69 Å². The van der Waals surface area contributed by atoms with Gasteiger partial charge in [-0.3, -0.25) is 4.79 Å². The van der Waals surface area contributed by atoms with Crippen LogP contribution in [-0.2, 0) is 14.8 Å². The highest BCUT2D eigenvalue weighted by Crippen LogP contribution is 2.20. The number of anilines is 2. The molecule has 0 saturated carbocycles. The normalized spacial score (nSPS) is 11.4. The second-order valence-electron chi connectivity index (χ2n) is 4.53. The summed E-state index contributed by atoms with van der Waals surface area (Å²) in [6.45, 7) is 1.75. The predicted octanol–water partition coefficient (Wildman–Crippen LogP) is 1.50. The van der Waals surface area contributed by atoms with Gasteiger partial charge in [-0.1, -0.05) is 0 Å². The molecule has 124 valence electrons. The number of sulfonamides is 1. The van der Waals surface area contributed by atoms with Gasteiger partial charge in [0, 0.05) is 29.0 Å². The Bertz CT molecular complexity index is 822. The van der Waals surface area contributed by atoms with Gasteiger partial charge in [-0.2, -0.15) is 0 Å². The fraction of sp³-hybridized carbons (Fsp3) is 0.250. The Kier molecular flexibility index (Phi) is 5.68. The second-order valence-corrected chi connectivity index (χ2v) is 8.04. The zero-order valence-corrected chi connectivity index (χ0v) is 15.3. The summed E-state index contributed by atoms with van der Waals surface area (Å²) in [5, 5.41) is 4.89. The summed E-state index contributed by atoms with van der Waals surface area (Å²) in [7, 11) is -3.84. The molecule has 2 heterocycles. The molecule has 0 fully saturated rings. The third-order valence-electron chi connectivity index (χ3n) is 2.65. The van der Waals surface area contributed by atoms with Crippen LogP contribution in [0.2, 0.25) is 0 Å². The molecule has 0 radical (unpaired) electrons.